The van der Waals surface area contributed by atoms with Crippen molar-refractivity contribution >= 4 is 11.7 Å². The molecule has 4 rings (SSSR count). The highest BCUT2D eigenvalue weighted by molar-refractivity contribution is 6.02. The molecule has 0 saturated carbocycles. The van der Waals surface area contributed by atoms with Crippen molar-refractivity contribution in [3.63, 3.8) is 0 Å². The fourth-order valence-electron chi connectivity index (χ4n) is 4.53. The van der Waals surface area contributed by atoms with E-state index < -0.39 is 0 Å². The van der Waals surface area contributed by atoms with E-state index in [1.165, 1.54) is 0 Å². The molecule has 2 aromatic rings. The van der Waals surface area contributed by atoms with Gasteiger partial charge in [0, 0.05) is 35.6 Å². The smallest absolute Gasteiger partial charge is 0.225 e. The van der Waals surface area contributed by atoms with Crippen LogP contribution in [0, 0.1) is 0 Å². The molecule has 0 aromatic heterocycles. The maximum absolute atomic E-state index is 13.4. The van der Waals surface area contributed by atoms with Crippen molar-refractivity contribution in [1.82, 2.24) is 5.32 Å². The van der Waals surface area contributed by atoms with Crippen LogP contribution < -0.4 is 14.8 Å². The summed E-state index contributed by atoms with van der Waals surface area (Å²) in [5, 5.41) is 3.00. The highest BCUT2D eigenvalue weighted by Gasteiger charge is 2.39. The number of allylic oxidation sites excluding steroid dienone is 2. The summed E-state index contributed by atoms with van der Waals surface area (Å²) in [6.07, 6.45) is 2.26. The van der Waals surface area contributed by atoms with Gasteiger partial charge in [0.1, 0.15) is 11.5 Å². The maximum Gasteiger partial charge on any atom is 0.225 e. The summed E-state index contributed by atoms with van der Waals surface area (Å²) in [5.74, 6) is 1.31. The predicted molar refractivity (Wildman–Crippen MR) is 119 cm³/mol. The van der Waals surface area contributed by atoms with Gasteiger partial charge in [0.25, 0.3) is 0 Å². The third kappa shape index (κ3) is 4.36. The number of hydrogen-bond donors (Lipinski definition) is 1. The topological polar surface area (TPSA) is 64.6 Å². The Labute approximate surface area is 183 Å². The number of nitrogens with one attached hydrogen (secondary N) is 1. The Hall–Kier alpha value is -3.08. The van der Waals surface area contributed by atoms with Crippen LogP contribution in [0.5, 0.6) is 11.5 Å². The fourth-order valence-corrected chi connectivity index (χ4v) is 4.53. The molecule has 3 unspecified atom stereocenters. The van der Waals surface area contributed by atoms with Crippen molar-refractivity contribution in [2.75, 3.05) is 7.11 Å². The maximum atomic E-state index is 13.4. The summed E-state index contributed by atoms with van der Waals surface area (Å²) < 4.78 is 11.5. The van der Waals surface area contributed by atoms with Crippen LogP contribution in [0.3, 0.4) is 0 Å². The molecule has 0 saturated heterocycles. The second kappa shape index (κ2) is 8.96. The van der Waals surface area contributed by atoms with Crippen LogP contribution in [0.1, 0.15) is 62.5 Å². The molecule has 5 nitrogen and oxygen atoms in total. The monoisotopic (exact) mass is 419 g/mol. The molecule has 31 heavy (non-hydrogen) atoms. The molecule has 1 N–H and O–H groups in total. The molecule has 2 aliphatic rings. The minimum absolute atomic E-state index is 0.0204. The Kier molecular flexibility index (Phi) is 6.12. The van der Waals surface area contributed by atoms with Crippen LogP contribution >= 0.6 is 0 Å². The number of amides is 1. The first-order chi connectivity index (χ1) is 15.0. The minimum atomic E-state index is -0.275. The Morgan fingerprint density at radius 3 is 2.65 bits per heavy atom. The number of para-hydroxylation sites is 1. The van der Waals surface area contributed by atoms with Crippen molar-refractivity contribution in [1.29, 1.82) is 0 Å². The summed E-state index contributed by atoms with van der Waals surface area (Å²) in [6.45, 7) is 4.10. The lowest BCUT2D eigenvalue weighted by molar-refractivity contribution is -0.122. The molecule has 0 fully saturated rings. The van der Waals surface area contributed by atoms with Crippen LogP contribution in [0.2, 0.25) is 0 Å². The lowest BCUT2D eigenvalue weighted by Gasteiger charge is -2.35. The zero-order valence-electron chi connectivity index (χ0n) is 18.3. The Morgan fingerprint density at radius 1 is 1.06 bits per heavy atom. The van der Waals surface area contributed by atoms with Crippen LogP contribution in [-0.2, 0) is 9.59 Å². The SMILES string of the molecule is CCC(C)Oc1ccccc1C1CC(=O)NC2=C1C(=O)CC(c1cccc(OC)c1)C2. The van der Waals surface area contributed by atoms with E-state index in [1.54, 1.807) is 7.11 Å². The first kappa shape index (κ1) is 21.2. The summed E-state index contributed by atoms with van der Waals surface area (Å²) >= 11 is 0. The van der Waals surface area contributed by atoms with Crippen molar-refractivity contribution in [2.24, 2.45) is 0 Å². The summed E-state index contributed by atoms with van der Waals surface area (Å²) in [7, 11) is 1.64. The van der Waals surface area contributed by atoms with Gasteiger partial charge in [-0.05, 0) is 49.4 Å². The second-order valence-electron chi connectivity index (χ2n) is 8.38. The highest BCUT2D eigenvalue weighted by atomic mass is 16.5. The van der Waals surface area contributed by atoms with Gasteiger partial charge in [0.05, 0.1) is 13.2 Å². The third-order valence-electron chi connectivity index (χ3n) is 6.30. The number of carbonyl (C=O) groups is 2. The molecular formula is C26H29NO4. The Bertz CT molecular complexity index is 1030. The molecule has 0 spiro atoms. The number of carbonyl (C=O) groups excluding carboxylic acids is 2. The summed E-state index contributed by atoms with van der Waals surface area (Å²) in [5.41, 5.74) is 3.46. The van der Waals surface area contributed by atoms with Crippen molar-refractivity contribution in [2.45, 2.75) is 57.5 Å². The fraction of sp³-hybridized carbons (Fsp3) is 0.385. The van der Waals surface area contributed by atoms with E-state index >= 15 is 0 Å². The Morgan fingerprint density at radius 2 is 1.87 bits per heavy atom. The number of rotatable bonds is 6. The lowest BCUT2D eigenvalue weighted by atomic mass is 9.73. The van der Waals surface area contributed by atoms with Gasteiger partial charge >= 0.3 is 0 Å². The largest absolute Gasteiger partial charge is 0.497 e. The van der Waals surface area contributed by atoms with Gasteiger partial charge in [0.15, 0.2) is 5.78 Å². The summed E-state index contributed by atoms with van der Waals surface area (Å²) in [4.78, 5) is 26.0. The average molecular weight is 420 g/mol. The minimum Gasteiger partial charge on any atom is -0.497 e. The van der Waals surface area contributed by atoms with Crippen LogP contribution in [0.25, 0.3) is 0 Å². The molecule has 1 aliphatic heterocycles. The van der Waals surface area contributed by atoms with Crippen LogP contribution in [0.4, 0.5) is 0 Å². The van der Waals surface area contributed by atoms with Crippen molar-refractivity contribution < 1.29 is 19.1 Å². The van der Waals surface area contributed by atoms with E-state index in [2.05, 4.69) is 12.2 Å². The van der Waals surface area contributed by atoms with E-state index in [-0.39, 0.29) is 36.1 Å². The average Bonchev–Trinajstić information content (AvgIpc) is 2.78. The first-order valence-electron chi connectivity index (χ1n) is 11.0. The number of Topliss-reactive ketones (excluding diaryl/α,β-unsaturated/α-hetero) is 1. The number of ether oxygens (including phenoxy) is 2. The molecule has 162 valence electrons. The summed E-state index contributed by atoms with van der Waals surface area (Å²) in [6, 6.07) is 15.6. The normalized spacial score (nSPS) is 21.9. The van der Waals surface area contributed by atoms with E-state index in [1.807, 2.05) is 55.5 Å². The van der Waals surface area contributed by atoms with Crippen molar-refractivity contribution in [3.05, 3.63) is 70.9 Å². The zero-order valence-corrected chi connectivity index (χ0v) is 18.3. The number of ketones is 1. The molecule has 3 atom stereocenters. The van der Waals surface area contributed by atoms with Gasteiger partial charge in [-0.15, -0.1) is 0 Å². The quantitative estimate of drug-likeness (QED) is 0.725. The zero-order chi connectivity index (χ0) is 22.0. The van der Waals surface area contributed by atoms with Gasteiger partial charge in [-0.2, -0.15) is 0 Å². The molecule has 1 heterocycles. The molecule has 5 heteroatoms. The predicted octanol–water partition coefficient (Wildman–Crippen LogP) is 4.88. The second-order valence-corrected chi connectivity index (χ2v) is 8.38. The molecule has 1 aliphatic carbocycles. The number of methoxy groups -OCH3 is 1. The van der Waals surface area contributed by atoms with Crippen LogP contribution in [-0.4, -0.2) is 24.9 Å². The highest BCUT2D eigenvalue weighted by Crippen LogP contribution is 2.45. The van der Waals surface area contributed by atoms with Gasteiger partial charge in [-0.25, -0.2) is 0 Å². The lowest BCUT2D eigenvalue weighted by Crippen LogP contribution is -2.38. The van der Waals surface area contributed by atoms with E-state index in [9.17, 15) is 9.59 Å². The van der Waals surface area contributed by atoms with Gasteiger partial charge in [-0.3, -0.25) is 9.59 Å². The molecule has 0 radical (unpaired) electrons. The molecular weight excluding hydrogens is 390 g/mol. The third-order valence-corrected chi connectivity index (χ3v) is 6.30. The van der Waals surface area contributed by atoms with Gasteiger partial charge < -0.3 is 14.8 Å². The van der Waals surface area contributed by atoms with Gasteiger partial charge in [0.2, 0.25) is 5.91 Å². The first-order valence-corrected chi connectivity index (χ1v) is 11.0. The molecule has 2 aromatic carbocycles. The van der Waals surface area contributed by atoms with E-state index in [4.69, 9.17) is 9.47 Å². The molecule has 1 amide bonds. The van der Waals surface area contributed by atoms with E-state index in [0.29, 0.717) is 12.8 Å². The Balaban J connectivity index is 1.70. The molecule has 0 bridgehead atoms. The van der Waals surface area contributed by atoms with Crippen molar-refractivity contribution in [3.8, 4) is 11.5 Å². The van der Waals surface area contributed by atoms with E-state index in [0.717, 1.165) is 40.3 Å². The number of hydrogen-bond acceptors (Lipinski definition) is 4. The standard InChI is InChI=1S/C26H29NO4/c1-4-16(2)31-24-11-6-5-10-20(24)21-15-25(29)27-22-13-18(14-23(28)26(21)22)17-8-7-9-19(12-17)30-3/h5-12,16,18,21H,4,13-15H2,1-3H3,(H,27,29). The van der Waals surface area contributed by atoms with Gasteiger partial charge in [-0.1, -0.05) is 37.3 Å². The number of benzene rings is 2. The van der Waals surface area contributed by atoms with Crippen LogP contribution in [0.15, 0.2) is 59.8 Å².